The lowest BCUT2D eigenvalue weighted by molar-refractivity contribution is -0.114. The number of aromatic nitrogens is 3. The first-order chi connectivity index (χ1) is 8.74. The minimum Gasteiger partial charge on any atom is -0.293 e. The molecule has 2 aromatic heterocycles. The van der Waals surface area contributed by atoms with Crippen LogP contribution in [0.5, 0.6) is 0 Å². The molecule has 18 heavy (non-hydrogen) atoms. The van der Waals surface area contributed by atoms with Crippen LogP contribution in [0, 0.1) is 0 Å². The second-order valence-corrected chi connectivity index (χ2v) is 5.38. The van der Waals surface area contributed by atoms with Crippen LogP contribution in [0.3, 0.4) is 0 Å². The largest absolute Gasteiger partial charge is 0.293 e. The topological polar surface area (TPSA) is 59.8 Å². The Morgan fingerprint density at radius 2 is 2.50 bits per heavy atom. The highest BCUT2D eigenvalue weighted by molar-refractivity contribution is 7.10. The molecule has 1 aliphatic rings. The lowest BCUT2D eigenvalue weighted by atomic mass is 10.0. The van der Waals surface area contributed by atoms with Gasteiger partial charge in [0, 0.05) is 18.2 Å². The summed E-state index contributed by atoms with van der Waals surface area (Å²) in [7, 11) is 0. The number of nitrogens with zero attached hydrogens (tertiary/aromatic N) is 3. The van der Waals surface area contributed by atoms with E-state index in [1.807, 2.05) is 4.68 Å². The number of thiophene rings is 1. The summed E-state index contributed by atoms with van der Waals surface area (Å²) in [6.07, 6.45) is 3.12. The quantitative estimate of drug-likeness (QED) is 0.902. The first-order valence-corrected chi connectivity index (χ1v) is 6.88. The second-order valence-electron chi connectivity index (χ2n) is 4.40. The minimum atomic E-state index is -0.134. The highest BCUT2D eigenvalue weighted by Gasteiger charge is 2.25. The molecule has 3 rings (SSSR count). The van der Waals surface area contributed by atoms with Crippen LogP contribution in [0.1, 0.15) is 36.5 Å². The summed E-state index contributed by atoms with van der Waals surface area (Å²) in [6, 6.07) is 4.45. The van der Waals surface area contributed by atoms with Gasteiger partial charge in [0.25, 0.3) is 0 Å². The van der Waals surface area contributed by atoms with E-state index >= 15 is 0 Å². The fourth-order valence-electron chi connectivity index (χ4n) is 2.31. The van der Waals surface area contributed by atoms with E-state index in [2.05, 4.69) is 32.9 Å². The van der Waals surface area contributed by atoms with Crippen LogP contribution < -0.4 is 5.32 Å². The maximum Gasteiger partial charge on any atom is 0.248 e. The molecule has 5 nitrogen and oxygen atoms in total. The van der Waals surface area contributed by atoms with Crippen LogP contribution in [0.25, 0.3) is 0 Å². The number of rotatable bonds is 2. The maximum atomic E-state index is 11.0. The van der Waals surface area contributed by atoms with Gasteiger partial charge in [-0.15, -0.1) is 16.4 Å². The van der Waals surface area contributed by atoms with E-state index in [9.17, 15) is 4.79 Å². The van der Waals surface area contributed by atoms with Crippen molar-refractivity contribution < 1.29 is 4.79 Å². The molecule has 0 saturated carbocycles. The molecule has 1 aliphatic heterocycles. The van der Waals surface area contributed by atoms with Crippen molar-refractivity contribution in [1.82, 2.24) is 14.8 Å². The molecule has 1 amide bonds. The molecular formula is C12H14N4OS. The molecule has 0 spiro atoms. The van der Waals surface area contributed by atoms with Gasteiger partial charge in [0.05, 0.1) is 6.04 Å². The summed E-state index contributed by atoms with van der Waals surface area (Å²) < 4.78 is 1.96. The van der Waals surface area contributed by atoms with Gasteiger partial charge in [-0.3, -0.25) is 10.1 Å². The molecule has 0 saturated heterocycles. The van der Waals surface area contributed by atoms with Crippen molar-refractivity contribution in [2.24, 2.45) is 0 Å². The highest BCUT2D eigenvalue weighted by Crippen LogP contribution is 2.32. The lowest BCUT2D eigenvalue weighted by Gasteiger charge is -2.22. The third-order valence-corrected chi connectivity index (χ3v) is 4.01. The molecule has 2 aromatic rings. The molecule has 1 unspecified atom stereocenters. The average Bonchev–Trinajstić information content (AvgIpc) is 2.94. The van der Waals surface area contributed by atoms with Gasteiger partial charge in [0.15, 0.2) is 0 Å². The molecule has 3 heterocycles. The normalized spacial score (nSPS) is 18.4. The summed E-state index contributed by atoms with van der Waals surface area (Å²) in [6.45, 7) is 1.47. The highest BCUT2D eigenvalue weighted by atomic mass is 32.1. The van der Waals surface area contributed by atoms with E-state index in [4.69, 9.17) is 0 Å². The van der Waals surface area contributed by atoms with Crippen molar-refractivity contribution in [3.63, 3.8) is 0 Å². The number of nitrogens with one attached hydrogen (secondary N) is 1. The Morgan fingerprint density at radius 3 is 3.22 bits per heavy atom. The molecule has 1 N–H and O–H groups in total. The zero-order valence-corrected chi connectivity index (χ0v) is 10.9. The smallest absolute Gasteiger partial charge is 0.248 e. The molecular weight excluding hydrogens is 248 g/mol. The standard InChI is InChI=1S/C12H14N4OS/c1-8(17)13-12-14-11-6-2-4-9(16(11)15-12)10-5-3-7-18-10/h3,5,7,9H,2,4,6H2,1H3,(H,13,15,17). The Labute approximate surface area is 109 Å². The van der Waals surface area contributed by atoms with Gasteiger partial charge in [0.1, 0.15) is 5.82 Å². The Kier molecular flexibility index (Phi) is 2.87. The third kappa shape index (κ3) is 2.03. The SMILES string of the molecule is CC(=O)Nc1nc2n(n1)C(c1cccs1)CCC2. The molecule has 6 heteroatoms. The van der Waals surface area contributed by atoms with Crippen LogP contribution in [0.15, 0.2) is 17.5 Å². The monoisotopic (exact) mass is 262 g/mol. The zero-order chi connectivity index (χ0) is 12.5. The maximum absolute atomic E-state index is 11.0. The van der Waals surface area contributed by atoms with Crippen LogP contribution in [0.4, 0.5) is 5.95 Å². The Hall–Kier alpha value is -1.69. The molecule has 0 aromatic carbocycles. The number of carbonyl (C=O) groups is 1. The van der Waals surface area contributed by atoms with E-state index in [-0.39, 0.29) is 11.9 Å². The van der Waals surface area contributed by atoms with Crippen LogP contribution in [-0.2, 0) is 11.2 Å². The molecule has 0 aliphatic carbocycles. The lowest BCUT2D eigenvalue weighted by Crippen LogP contribution is -2.19. The van der Waals surface area contributed by atoms with Gasteiger partial charge in [-0.1, -0.05) is 6.07 Å². The van der Waals surface area contributed by atoms with Crippen molar-refractivity contribution in [3.8, 4) is 0 Å². The summed E-state index contributed by atoms with van der Waals surface area (Å²) in [4.78, 5) is 16.7. The van der Waals surface area contributed by atoms with Crippen molar-refractivity contribution in [1.29, 1.82) is 0 Å². The van der Waals surface area contributed by atoms with Gasteiger partial charge in [-0.25, -0.2) is 4.68 Å². The molecule has 1 atom stereocenters. The number of hydrogen-bond donors (Lipinski definition) is 1. The van der Waals surface area contributed by atoms with Gasteiger partial charge in [-0.05, 0) is 24.3 Å². The van der Waals surface area contributed by atoms with Crippen LogP contribution in [0.2, 0.25) is 0 Å². The number of aryl methyl sites for hydroxylation is 1. The summed E-state index contributed by atoms with van der Waals surface area (Å²) in [5.74, 6) is 1.25. The Balaban J connectivity index is 1.95. The summed E-state index contributed by atoms with van der Waals surface area (Å²) in [5, 5.41) is 9.14. The number of anilines is 1. The van der Waals surface area contributed by atoms with Gasteiger partial charge < -0.3 is 0 Å². The molecule has 94 valence electrons. The van der Waals surface area contributed by atoms with E-state index < -0.39 is 0 Å². The minimum absolute atomic E-state index is 0.134. The zero-order valence-electron chi connectivity index (χ0n) is 10.1. The Morgan fingerprint density at radius 1 is 1.61 bits per heavy atom. The fraction of sp³-hybridized carbons (Fsp3) is 0.417. The third-order valence-electron chi connectivity index (χ3n) is 3.03. The van der Waals surface area contributed by atoms with E-state index in [0.717, 1.165) is 25.1 Å². The van der Waals surface area contributed by atoms with E-state index in [1.54, 1.807) is 11.3 Å². The van der Waals surface area contributed by atoms with Crippen molar-refractivity contribution in [2.75, 3.05) is 5.32 Å². The number of hydrogen-bond acceptors (Lipinski definition) is 4. The first kappa shape index (κ1) is 11.4. The average molecular weight is 262 g/mol. The van der Waals surface area contributed by atoms with E-state index in [1.165, 1.54) is 11.8 Å². The van der Waals surface area contributed by atoms with Crippen molar-refractivity contribution in [3.05, 3.63) is 28.2 Å². The van der Waals surface area contributed by atoms with Crippen molar-refractivity contribution >= 4 is 23.2 Å². The van der Waals surface area contributed by atoms with Gasteiger partial charge in [0.2, 0.25) is 11.9 Å². The molecule has 0 fully saturated rings. The van der Waals surface area contributed by atoms with Crippen LogP contribution in [-0.4, -0.2) is 20.7 Å². The summed E-state index contributed by atoms with van der Waals surface area (Å²) in [5.41, 5.74) is 0. The second kappa shape index (κ2) is 4.53. The molecule has 0 bridgehead atoms. The Bertz CT molecular complexity index is 561. The van der Waals surface area contributed by atoms with Gasteiger partial charge in [-0.2, -0.15) is 4.98 Å². The molecule has 0 radical (unpaired) electrons. The van der Waals surface area contributed by atoms with Crippen LogP contribution >= 0.6 is 11.3 Å². The van der Waals surface area contributed by atoms with Gasteiger partial charge >= 0.3 is 0 Å². The number of fused-ring (bicyclic) bond motifs is 1. The first-order valence-electron chi connectivity index (χ1n) is 6.00. The fourth-order valence-corrected chi connectivity index (χ4v) is 3.15. The van der Waals surface area contributed by atoms with E-state index in [0.29, 0.717) is 5.95 Å². The predicted octanol–water partition coefficient (Wildman–Crippen LogP) is 2.22. The summed E-state index contributed by atoms with van der Waals surface area (Å²) >= 11 is 1.74. The number of amides is 1. The van der Waals surface area contributed by atoms with Crippen molar-refractivity contribution in [2.45, 2.75) is 32.2 Å². The number of carbonyl (C=O) groups excluding carboxylic acids is 1. The predicted molar refractivity (Wildman–Crippen MR) is 69.7 cm³/mol.